The fourth-order valence-corrected chi connectivity index (χ4v) is 6.03. The summed E-state index contributed by atoms with van der Waals surface area (Å²) < 4.78 is 34.4. The Kier molecular flexibility index (Phi) is 10.4. The molecule has 220 valence electrons. The van der Waals surface area contributed by atoms with Crippen LogP contribution in [0.2, 0.25) is 5.02 Å². The molecule has 3 aromatic rings. The number of carbonyl (C=O) groups excluding carboxylic acids is 2. The highest BCUT2D eigenvalue weighted by molar-refractivity contribution is 7.92. The van der Waals surface area contributed by atoms with E-state index in [1.165, 1.54) is 29.2 Å². The smallest absolute Gasteiger partial charge is 0.264 e. The first-order valence-electron chi connectivity index (χ1n) is 13.3. The number of nitrogens with one attached hydrogen (secondary N) is 1. The van der Waals surface area contributed by atoms with Crippen molar-refractivity contribution in [1.29, 1.82) is 0 Å². The Morgan fingerprint density at radius 3 is 2.24 bits per heavy atom. The standard InChI is InChI=1S/C31H38ClN3O5S/c1-7-27(30(37)33-31(3,4)5)34(20-23-12-10-13-25(19-23)40-6)29(36)21-35(28-14-9-8-11-22(28)2)41(38,39)26-17-15-24(32)16-18-26/h8-19,27H,7,20-21H2,1-6H3,(H,33,37). The van der Waals surface area contributed by atoms with Crippen LogP contribution in [-0.2, 0) is 26.2 Å². The molecule has 41 heavy (non-hydrogen) atoms. The number of ether oxygens (including phenoxy) is 1. The third-order valence-corrected chi connectivity index (χ3v) is 8.46. The number of amides is 2. The van der Waals surface area contributed by atoms with Gasteiger partial charge in [0.2, 0.25) is 11.8 Å². The summed E-state index contributed by atoms with van der Waals surface area (Å²) in [5.74, 6) is -0.238. The Morgan fingerprint density at radius 2 is 1.66 bits per heavy atom. The van der Waals surface area contributed by atoms with Gasteiger partial charge in [0, 0.05) is 17.1 Å². The zero-order valence-corrected chi connectivity index (χ0v) is 25.9. The van der Waals surface area contributed by atoms with E-state index in [2.05, 4.69) is 5.32 Å². The van der Waals surface area contributed by atoms with Crippen LogP contribution < -0.4 is 14.4 Å². The maximum absolute atomic E-state index is 14.2. The summed E-state index contributed by atoms with van der Waals surface area (Å²) in [5, 5.41) is 3.36. The van der Waals surface area contributed by atoms with Gasteiger partial charge in [0.1, 0.15) is 18.3 Å². The largest absolute Gasteiger partial charge is 0.497 e. The lowest BCUT2D eigenvalue weighted by Crippen LogP contribution is -2.55. The van der Waals surface area contributed by atoms with Crippen LogP contribution in [0.1, 0.15) is 45.2 Å². The monoisotopic (exact) mass is 599 g/mol. The van der Waals surface area contributed by atoms with E-state index in [9.17, 15) is 18.0 Å². The number of halogens is 1. The zero-order valence-electron chi connectivity index (χ0n) is 24.3. The molecule has 0 aliphatic carbocycles. The minimum Gasteiger partial charge on any atom is -0.497 e. The maximum Gasteiger partial charge on any atom is 0.264 e. The van der Waals surface area contributed by atoms with Crippen molar-refractivity contribution in [2.75, 3.05) is 18.0 Å². The predicted molar refractivity (Wildman–Crippen MR) is 163 cm³/mol. The van der Waals surface area contributed by atoms with Gasteiger partial charge < -0.3 is 15.0 Å². The van der Waals surface area contributed by atoms with Crippen molar-refractivity contribution in [2.45, 2.75) is 64.1 Å². The van der Waals surface area contributed by atoms with Gasteiger partial charge in [-0.2, -0.15) is 0 Å². The minimum atomic E-state index is -4.18. The number of rotatable bonds is 11. The second-order valence-electron chi connectivity index (χ2n) is 10.8. The highest BCUT2D eigenvalue weighted by Gasteiger charge is 2.35. The normalized spacial score (nSPS) is 12.4. The van der Waals surface area contributed by atoms with E-state index in [1.807, 2.05) is 33.8 Å². The third-order valence-electron chi connectivity index (χ3n) is 6.44. The summed E-state index contributed by atoms with van der Waals surface area (Å²) >= 11 is 6.02. The van der Waals surface area contributed by atoms with Crippen LogP contribution >= 0.6 is 11.6 Å². The highest BCUT2D eigenvalue weighted by atomic mass is 35.5. The average molecular weight is 600 g/mol. The van der Waals surface area contributed by atoms with Gasteiger partial charge in [-0.1, -0.05) is 48.9 Å². The first-order valence-corrected chi connectivity index (χ1v) is 15.2. The van der Waals surface area contributed by atoms with Crippen molar-refractivity contribution in [3.63, 3.8) is 0 Å². The molecule has 0 bridgehead atoms. The summed E-state index contributed by atoms with van der Waals surface area (Å²) in [4.78, 5) is 29.1. The van der Waals surface area contributed by atoms with Gasteiger partial charge in [0.05, 0.1) is 17.7 Å². The molecule has 1 N–H and O–H groups in total. The topological polar surface area (TPSA) is 96.0 Å². The van der Waals surface area contributed by atoms with Crippen LogP contribution in [0.5, 0.6) is 5.75 Å². The van der Waals surface area contributed by atoms with Crippen LogP contribution in [0, 0.1) is 6.92 Å². The molecule has 0 radical (unpaired) electrons. The first kappa shape index (κ1) is 32.0. The number of methoxy groups -OCH3 is 1. The van der Waals surface area contributed by atoms with E-state index in [0.717, 1.165) is 9.87 Å². The number of nitrogens with zero attached hydrogens (tertiary/aromatic N) is 2. The molecule has 1 atom stereocenters. The molecular weight excluding hydrogens is 562 g/mol. The Labute approximate surface area is 248 Å². The van der Waals surface area contributed by atoms with Crippen molar-refractivity contribution >= 4 is 39.1 Å². The highest BCUT2D eigenvalue weighted by Crippen LogP contribution is 2.28. The van der Waals surface area contributed by atoms with E-state index in [4.69, 9.17) is 16.3 Å². The molecule has 0 saturated carbocycles. The minimum absolute atomic E-state index is 0.00480. The lowest BCUT2D eigenvalue weighted by molar-refractivity contribution is -0.141. The lowest BCUT2D eigenvalue weighted by Gasteiger charge is -2.35. The van der Waals surface area contributed by atoms with Gasteiger partial charge in [0.25, 0.3) is 10.0 Å². The molecule has 1 unspecified atom stereocenters. The molecule has 0 heterocycles. The SMILES string of the molecule is CCC(C(=O)NC(C)(C)C)N(Cc1cccc(OC)c1)C(=O)CN(c1ccccc1C)S(=O)(=O)c1ccc(Cl)cc1. The molecule has 0 aliphatic heterocycles. The van der Waals surface area contributed by atoms with Crippen molar-refractivity contribution in [1.82, 2.24) is 10.2 Å². The summed E-state index contributed by atoms with van der Waals surface area (Å²) in [6, 6.07) is 19.1. The molecule has 0 fully saturated rings. The van der Waals surface area contributed by atoms with E-state index in [1.54, 1.807) is 56.5 Å². The molecule has 0 saturated heterocycles. The Balaban J connectivity index is 2.09. The van der Waals surface area contributed by atoms with Gasteiger partial charge >= 0.3 is 0 Å². The number of hydrogen-bond acceptors (Lipinski definition) is 5. The van der Waals surface area contributed by atoms with Gasteiger partial charge in [-0.05, 0) is 87.7 Å². The second-order valence-corrected chi connectivity index (χ2v) is 13.1. The van der Waals surface area contributed by atoms with E-state index in [0.29, 0.717) is 28.4 Å². The van der Waals surface area contributed by atoms with Gasteiger partial charge in [-0.3, -0.25) is 13.9 Å². The van der Waals surface area contributed by atoms with E-state index >= 15 is 0 Å². The number of benzene rings is 3. The van der Waals surface area contributed by atoms with Gasteiger partial charge in [-0.15, -0.1) is 0 Å². The molecule has 3 rings (SSSR count). The van der Waals surface area contributed by atoms with Crippen molar-refractivity contribution < 1.29 is 22.7 Å². The number of hydrogen-bond donors (Lipinski definition) is 1. The number of para-hydroxylation sites is 1. The molecule has 10 heteroatoms. The van der Waals surface area contributed by atoms with Crippen LogP contribution in [0.3, 0.4) is 0 Å². The van der Waals surface area contributed by atoms with Gasteiger partial charge in [0.15, 0.2) is 0 Å². The fraction of sp³-hybridized carbons (Fsp3) is 0.355. The number of anilines is 1. The number of sulfonamides is 1. The van der Waals surface area contributed by atoms with Crippen molar-refractivity contribution in [2.24, 2.45) is 0 Å². The second kappa shape index (κ2) is 13.4. The number of aryl methyl sites for hydroxylation is 1. The average Bonchev–Trinajstić information content (AvgIpc) is 2.91. The maximum atomic E-state index is 14.2. The molecule has 0 spiro atoms. The summed E-state index contributed by atoms with van der Waals surface area (Å²) in [6.45, 7) is 8.76. The Bertz CT molecular complexity index is 1470. The molecule has 8 nitrogen and oxygen atoms in total. The molecule has 3 aromatic carbocycles. The van der Waals surface area contributed by atoms with Crippen LogP contribution in [-0.4, -0.2) is 50.4 Å². The molecule has 0 aliphatic rings. The van der Waals surface area contributed by atoms with E-state index in [-0.39, 0.29) is 17.3 Å². The predicted octanol–water partition coefficient (Wildman–Crippen LogP) is 5.57. The van der Waals surface area contributed by atoms with Crippen molar-refractivity contribution in [3.05, 3.63) is 88.9 Å². The zero-order chi connectivity index (χ0) is 30.4. The third kappa shape index (κ3) is 8.24. The Hall–Kier alpha value is -3.56. The Morgan fingerprint density at radius 1 is 1.00 bits per heavy atom. The van der Waals surface area contributed by atoms with Crippen LogP contribution in [0.15, 0.2) is 77.7 Å². The quantitative estimate of drug-likeness (QED) is 0.311. The molecular formula is C31H38ClN3O5S. The fourth-order valence-electron chi connectivity index (χ4n) is 4.43. The lowest BCUT2D eigenvalue weighted by atomic mass is 10.1. The molecule has 0 aromatic heterocycles. The van der Waals surface area contributed by atoms with E-state index < -0.39 is 34.1 Å². The number of carbonyl (C=O) groups is 2. The van der Waals surface area contributed by atoms with Crippen LogP contribution in [0.4, 0.5) is 5.69 Å². The van der Waals surface area contributed by atoms with Gasteiger partial charge in [-0.25, -0.2) is 8.42 Å². The summed E-state index contributed by atoms with van der Waals surface area (Å²) in [5.41, 5.74) is 1.25. The summed E-state index contributed by atoms with van der Waals surface area (Å²) in [6.07, 6.45) is 0.325. The summed E-state index contributed by atoms with van der Waals surface area (Å²) in [7, 11) is -2.63. The molecule has 2 amide bonds. The van der Waals surface area contributed by atoms with Crippen LogP contribution in [0.25, 0.3) is 0 Å². The van der Waals surface area contributed by atoms with Crippen molar-refractivity contribution in [3.8, 4) is 5.75 Å². The first-order chi connectivity index (χ1) is 19.3.